The lowest BCUT2D eigenvalue weighted by atomic mass is 9.95. The fourth-order valence-electron chi connectivity index (χ4n) is 10.5. The first-order chi connectivity index (χ1) is 41.1. The van der Waals surface area contributed by atoms with Gasteiger partial charge in [0, 0.05) is 61.1 Å². The number of ether oxygens (including phenoxy) is 5. The number of nitrogens with one attached hydrogen (secondary N) is 3. The van der Waals surface area contributed by atoms with Crippen molar-refractivity contribution in [2.24, 2.45) is 0 Å². The van der Waals surface area contributed by atoms with E-state index in [9.17, 15) is 38.4 Å². The van der Waals surface area contributed by atoms with Crippen molar-refractivity contribution in [2.75, 3.05) is 61.0 Å². The van der Waals surface area contributed by atoms with Crippen LogP contribution in [0.25, 0.3) is 10.8 Å². The minimum absolute atomic E-state index is 0.0596. The van der Waals surface area contributed by atoms with Gasteiger partial charge in [-0.1, -0.05) is 49.1 Å². The van der Waals surface area contributed by atoms with Crippen LogP contribution in [0.5, 0.6) is 17.2 Å². The van der Waals surface area contributed by atoms with E-state index >= 15 is 0 Å². The highest BCUT2D eigenvalue weighted by Crippen LogP contribution is 2.58. The number of halogens is 1. The minimum atomic E-state index is -4.22. The second-order valence-corrected chi connectivity index (χ2v) is 26.3. The number of amides is 6. The van der Waals surface area contributed by atoms with Gasteiger partial charge in [0.2, 0.25) is 11.8 Å². The summed E-state index contributed by atoms with van der Waals surface area (Å²) in [5.41, 5.74) is 0.176. The Balaban J connectivity index is 0.984. The van der Waals surface area contributed by atoms with Crippen LogP contribution in [0.1, 0.15) is 148 Å². The topological polar surface area (TPSA) is 259 Å². The zero-order valence-electron chi connectivity index (χ0n) is 51.5. The van der Waals surface area contributed by atoms with Gasteiger partial charge in [0.25, 0.3) is 5.91 Å². The van der Waals surface area contributed by atoms with E-state index in [2.05, 4.69) is 22.5 Å². The summed E-state index contributed by atoms with van der Waals surface area (Å²) in [6, 6.07) is 17.0. The molecule has 1 fully saturated rings. The molecule has 3 heterocycles. The maximum absolute atomic E-state index is 14.4. The molecule has 474 valence electrons. The van der Waals surface area contributed by atoms with Crippen molar-refractivity contribution in [1.29, 1.82) is 0 Å². The smallest absolute Gasteiger partial charge is 0.493 e. The number of anilines is 3. The van der Waals surface area contributed by atoms with Crippen LogP contribution in [-0.4, -0.2) is 127 Å². The molecule has 6 amide bonds. The van der Waals surface area contributed by atoms with Gasteiger partial charge in [-0.3, -0.25) is 23.4 Å². The van der Waals surface area contributed by atoms with Gasteiger partial charge in [0.05, 0.1) is 47.9 Å². The number of hydrogen-bond acceptors (Lipinski definition) is 16. The molecule has 4 atom stereocenters. The fraction of sp³-hybridized carbons (Fsp3) is 0.524. The summed E-state index contributed by atoms with van der Waals surface area (Å²) in [5, 5.41) is 21.5. The Morgan fingerprint density at radius 2 is 1.52 bits per heavy atom. The molecule has 7 rings (SSSR count). The third kappa shape index (κ3) is 18.2. The van der Waals surface area contributed by atoms with Crippen LogP contribution < -0.4 is 39.7 Å². The number of alkyl halides is 1. The molecule has 0 bridgehead atoms. The van der Waals surface area contributed by atoms with E-state index in [1.807, 2.05) is 24.3 Å². The summed E-state index contributed by atoms with van der Waals surface area (Å²) in [4.78, 5) is 85.0. The standard InChI is InChI=1S/C63H84ClN6O16P/c1-12-32-81-59(76)67-46(23-17-18-30-65-58(75)83-61(2,3)4)55(72)66-42-28-26-40(27-29-42)39-82-60(77)70-48-35-52(51(79-11)34-45(48)56(73)68-31-20-24-47(68)57(70)74)80-33-19-13-14-25-53(71)69-38-41(37-64)54-44-22-16-15-21-43(44)50(36-49(54)69)84-87(78,85-62(5,6)7)86-63(8,9)10/h12,15-16,21-22,26-29,34-36,41,46-47,57,74H,1,13-14,17-20,23-25,30-33,37-39H2,2-11H3,(H,65,75)(H,66,72)(H,67,76)/t41-,46+,47+,57?/m1/s1. The molecule has 1 saturated heterocycles. The van der Waals surface area contributed by atoms with Crippen LogP contribution >= 0.6 is 19.4 Å². The van der Waals surface area contributed by atoms with E-state index in [1.54, 1.807) is 102 Å². The van der Waals surface area contributed by atoms with Gasteiger partial charge >= 0.3 is 26.1 Å². The van der Waals surface area contributed by atoms with Gasteiger partial charge < -0.3 is 59.1 Å². The molecule has 4 aromatic carbocycles. The van der Waals surface area contributed by atoms with E-state index in [0.29, 0.717) is 86.9 Å². The van der Waals surface area contributed by atoms with Crippen LogP contribution in [0.15, 0.2) is 79.4 Å². The number of phosphoric acid groups is 1. The number of aliphatic hydroxyl groups is 1. The molecular formula is C63H84ClN6O16P. The Morgan fingerprint density at radius 1 is 0.828 bits per heavy atom. The molecule has 0 aromatic heterocycles. The number of benzene rings is 4. The number of aliphatic hydroxyl groups excluding tert-OH is 1. The molecular weight excluding hydrogens is 1160 g/mol. The number of alkyl carbamates (subject to hydrolysis) is 2. The lowest BCUT2D eigenvalue weighted by Crippen LogP contribution is -2.50. The van der Waals surface area contributed by atoms with Gasteiger partial charge in [-0.15, -0.1) is 11.6 Å². The largest absolute Gasteiger partial charge is 0.531 e. The number of unbranched alkanes of at least 4 members (excludes halogenated alkanes) is 3. The zero-order chi connectivity index (χ0) is 63.4. The third-order valence-corrected chi connectivity index (χ3v) is 16.5. The lowest BCUT2D eigenvalue weighted by molar-refractivity contribution is -0.119. The van der Waals surface area contributed by atoms with Gasteiger partial charge in [0.15, 0.2) is 17.7 Å². The van der Waals surface area contributed by atoms with Gasteiger partial charge in [-0.25, -0.2) is 23.8 Å². The highest BCUT2D eigenvalue weighted by atomic mass is 35.5. The van der Waals surface area contributed by atoms with Gasteiger partial charge in [-0.05, 0) is 148 Å². The second kappa shape index (κ2) is 29.3. The third-order valence-electron chi connectivity index (χ3n) is 14.1. The molecule has 0 saturated carbocycles. The first-order valence-corrected chi connectivity index (χ1v) is 31.4. The van der Waals surface area contributed by atoms with E-state index < -0.39 is 73.0 Å². The minimum Gasteiger partial charge on any atom is -0.493 e. The van der Waals surface area contributed by atoms with Crippen molar-refractivity contribution < 1.29 is 75.7 Å². The molecule has 22 nitrogen and oxygen atoms in total. The summed E-state index contributed by atoms with van der Waals surface area (Å²) >= 11 is 6.58. The van der Waals surface area contributed by atoms with Crippen molar-refractivity contribution in [3.8, 4) is 17.2 Å². The Kier molecular flexibility index (Phi) is 22.7. The summed E-state index contributed by atoms with van der Waals surface area (Å²) in [6.45, 7) is 20.3. The molecule has 0 radical (unpaired) electrons. The van der Waals surface area contributed by atoms with E-state index in [4.69, 9.17) is 48.9 Å². The summed E-state index contributed by atoms with van der Waals surface area (Å²) in [7, 11) is -2.78. The molecule has 4 aromatic rings. The Bertz CT molecular complexity index is 3160. The predicted molar refractivity (Wildman–Crippen MR) is 331 cm³/mol. The molecule has 4 N–H and O–H groups in total. The number of rotatable bonds is 25. The van der Waals surface area contributed by atoms with Crippen molar-refractivity contribution in [2.45, 2.75) is 168 Å². The molecule has 0 spiro atoms. The number of phosphoric ester groups is 1. The van der Waals surface area contributed by atoms with Crippen molar-refractivity contribution in [3.05, 3.63) is 96.1 Å². The fourth-order valence-corrected chi connectivity index (χ4v) is 12.6. The molecule has 87 heavy (non-hydrogen) atoms. The number of carbonyl (C=O) groups is 6. The lowest BCUT2D eigenvalue weighted by Gasteiger charge is -2.31. The Labute approximate surface area is 514 Å². The molecule has 0 aliphatic carbocycles. The average molecular weight is 1250 g/mol. The van der Waals surface area contributed by atoms with E-state index in [1.165, 1.54) is 25.3 Å². The second-order valence-electron chi connectivity index (χ2n) is 24.6. The van der Waals surface area contributed by atoms with Crippen LogP contribution in [0.2, 0.25) is 0 Å². The highest BCUT2D eigenvalue weighted by molar-refractivity contribution is 7.49. The summed E-state index contributed by atoms with van der Waals surface area (Å²) < 4.78 is 60.7. The highest BCUT2D eigenvalue weighted by Gasteiger charge is 2.46. The van der Waals surface area contributed by atoms with Crippen LogP contribution in [0, 0.1) is 0 Å². The maximum atomic E-state index is 14.4. The normalized spacial score (nSPS) is 17.1. The summed E-state index contributed by atoms with van der Waals surface area (Å²) in [6.07, 6.45) is 1.65. The number of carbonyl (C=O) groups excluding carboxylic acids is 6. The molecule has 3 aliphatic heterocycles. The summed E-state index contributed by atoms with van der Waals surface area (Å²) in [5.74, 6) is -0.271. The molecule has 1 unspecified atom stereocenters. The number of methoxy groups -OCH3 is 1. The average Bonchev–Trinajstić information content (AvgIpc) is 1.72. The van der Waals surface area contributed by atoms with Crippen molar-refractivity contribution in [3.63, 3.8) is 0 Å². The quantitative estimate of drug-likeness (QED) is 0.0158. The van der Waals surface area contributed by atoms with Crippen LogP contribution in [0.3, 0.4) is 0 Å². The maximum Gasteiger partial charge on any atom is 0.531 e. The number of fused-ring (bicyclic) bond motifs is 5. The van der Waals surface area contributed by atoms with E-state index in [-0.39, 0.29) is 78.9 Å². The number of hydrogen-bond donors (Lipinski definition) is 4. The van der Waals surface area contributed by atoms with E-state index in [0.717, 1.165) is 15.8 Å². The monoisotopic (exact) mass is 1250 g/mol. The first kappa shape index (κ1) is 67.4. The zero-order valence-corrected chi connectivity index (χ0v) is 53.1. The Morgan fingerprint density at radius 3 is 2.17 bits per heavy atom. The van der Waals surface area contributed by atoms with Gasteiger partial charge in [0.1, 0.15) is 30.6 Å². The first-order valence-electron chi connectivity index (χ1n) is 29.4. The molecule has 3 aliphatic rings. The van der Waals surface area contributed by atoms with Gasteiger partial charge in [-0.2, -0.15) is 0 Å². The predicted octanol–water partition coefficient (Wildman–Crippen LogP) is 12.3. The SMILES string of the molecule is C=CCOC(=O)N[C@@H](CCCCNC(=O)OC(C)(C)C)C(=O)Nc1ccc(COC(=O)N2c3cc(OCCCCCC(=O)N4C[C@@H](CCl)c5c4cc(OP(=O)(OC(C)(C)C)OC(C)(C)C)c4ccccc54)c(OC)cc3C(=O)N3CCC[C@H]3C2O)cc1. The van der Waals surface area contributed by atoms with Crippen molar-refractivity contribution in [1.82, 2.24) is 15.5 Å². The number of nitrogens with zero attached hydrogens (tertiary/aromatic N) is 3. The van der Waals surface area contributed by atoms with Crippen LogP contribution in [-0.2, 0) is 44.0 Å². The molecule has 24 heteroatoms. The van der Waals surface area contributed by atoms with Crippen molar-refractivity contribution >= 4 is 83.3 Å². The Hall–Kier alpha value is -7.10. The van der Waals surface area contributed by atoms with Crippen LogP contribution in [0.4, 0.5) is 31.4 Å².